The van der Waals surface area contributed by atoms with E-state index < -0.39 is 23.7 Å². The third-order valence-corrected chi connectivity index (χ3v) is 12.2. The minimum absolute atomic E-state index is 0.0128. The smallest absolute Gasteiger partial charge is 0.435 e. The monoisotopic (exact) mass is 853 g/mol. The maximum atomic E-state index is 14.3. The summed E-state index contributed by atoms with van der Waals surface area (Å²) in [5, 5.41) is 20.6. The quantitative estimate of drug-likeness (QED) is 0.127. The second-order valence-corrected chi connectivity index (χ2v) is 16.3. The first-order valence-corrected chi connectivity index (χ1v) is 20.4. The first-order chi connectivity index (χ1) is 28.2. The largest absolute Gasteiger partial charge is 0.480 e. The number of carboxylic acids is 1. The van der Waals surface area contributed by atoms with Crippen molar-refractivity contribution in [1.29, 1.82) is 0 Å². The molecule has 7 rings (SSSR count). The highest BCUT2D eigenvalue weighted by atomic mass is 35.5. The van der Waals surface area contributed by atoms with E-state index in [-0.39, 0.29) is 70.7 Å². The van der Waals surface area contributed by atoms with Crippen molar-refractivity contribution in [3.8, 4) is 16.3 Å². The van der Waals surface area contributed by atoms with Crippen LogP contribution < -0.4 is 10.6 Å². The first-order valence-electron chi connectivity index (χ1n) is 19.2. The second kappa shape index (κ2) is 17.5. The number of alkyl halides is 3. The summed E-state index contributed by atoms with van der Waals surface area (Å²) < 4.78 is 46.1. The highest BCUT2D eigenvalue weighted by molar-refractivity contribution is 7.21. The topological polar surface area (TPSA) is 158 Å². The predicted molar refractivity (Wildman–Crippen MR) is 217 cm³/mol. The number of carboxylic acid groups (broad SMARTS) is 1. The number of aromatic nitrogens is 4. The first kappa shape index (κ1) is 41.8. The van der Waals surface area contributed by atoms with E-state index in [1.165, 1.54) is 58.2 Å². The number of benzene rings is 2. The molecule has 3 amide bonds. The van der Waals surface area contributed by atoms with Gasteiger partial charge in [-0.3, -0.25) is 24.1 Å². The molecule has 0 radical (unpaired) electrons. The number of hydrogen-bond acceptors (Lipinski definition) is 9. The molecule has 2 aliphatic rings. The summed E-state index contributed by atoms with van der Waals surface area (Å²) in [5.41, 5.74) is -0.903. The van der Waals surface area contributed by atoms with Crippen LogP contribution in [0.5, 0.6) is 0 Å². The third kappa shape index (κ3) is 9.30. The van der Waals surface area contributed by atoms with E-state index in [1.807, 2.05) is 36.1 Å². The number of aliphatic carboxylic acids is 1. The number of amides is 3. The highest BCUT2D eigenvalue weighted by Crippen LogP contribution is 2.38. The lowest BCUT2D eigenvalue weighted by atomic mass is 9.98. The zero-order valence-electron chi connectivity index (χ0n) is 32.3. The number of imidazole rings is 1. The number of hydrogen-bond donors (Lipinski definition) is 3. The number of piperazine rings is 1. The molecule has 3 aromatic heterocycles. The Morgan fingerprint density at radius 1 is 1.07 bits per heavy atom. The molecule has 2 saturated heterocycles. The Bertz CT molecular complexity index is 2330. The molecule has 19 heteroatoms. The Hall–Kier alpha value is -5.30. The normalized spacial score (nSPS) is 15.4. The Kier molecular flexibility index (Phi) is 12.4. The molecule has 0 aliphatic carbocycles. The van der Waals surface area contributed by atoms with Gasteiger partial charge >= 0.3 is 12.1 Å². The summed E-state index contributed by atoms with van der Waals surface area (Å²) >= 11 is 7.86. The fraction of sp³-hybridized carbons (Fsp3) is 0.400. The zero-order valence-corrected chi connectivity index (χ0v) is 33.9. The van der Waals surface area contributed by atoms with E-state index in [1.54, 1.807) is 15.9 Å². The Balaban J connectivity index is 0.964. The highest BCUT2D eigenvalue weighted by Gasteiger charge is 2.39. The van der Waals surface area contributed by atoms with Gasteiger partial charge in [0.1, 0.15) is 5.00 Å². The van der Waals surface area contributed by atoms with E-state index in [2.05, 4.69) is 20.7 Å². The van der Waals surface area contributed by atoms with Gasteiger partial charge in [-0.15, -0.1) is 11.3 Å². The van der Waals surface area contributed by atoms with Gasteiger partial charge in [-0.2, -0.15) is 18.3 Å². The average Bonchev–Trinajstić information content (AvgIpc) is 3.92. The fourth-order valence-electron chi connectivity index (χ4n) is 7.46. The number of anilines is 1. The molecule has 3 N–H and O–H groups in total. The van der Waals surface area contributed by atoms with Crippen LogP contribution in [0.4, 0.5) is 18.9 Å². The number of rotatable bonds is 14. The van der Waals surface area contributed by atoms with Gasteiger partial charge in [0.25, 0.3) is 11.8 Å². The van der Waals surface area contributed by atoms with Crippen LogP contribution in [0.25, 0.3) is 26.3 Å². The van der Waals surface area contributed by atoms with E-state index in [9.17, 15) is 37.5 Å². The van der Waals surface area contributed by atoms with Crippen LogP contribution in [0.15, 0.2) is 60.9 Å². The molecule has 5 aromatic rings. The summed E-state index contributed by atoms with van der Waals surface area (Å²) in [7, 11) is 1.43. The Labute approximate surface area is 346 Å². The van der Waals surface area contributed by atoms with Gasteiger partial charge in [-0.1, -0.05) is 36.7 Å². The molecule has 5 heterocycles. The molecule has 2 fully saturated rings. The van der Waals surface area contributed by atoms with E-state index in [0.29, 0.717) is 49.9 Å². The molecular formula is C40H43ClF3N9O5S. The van der Waals surface area contributed by atoms with E-state index >= 15 is 0 Å². The van der Waals surface area contributed by atoms with Crippen molar-refractivity contribution in [2.75, 3.05) is 64.2 Å². The van der Waals surface area contributed by atoms with Crippen molar-refractivity contribution in [2.24, 2.45) is 18.9 Å². The van der Waals surface area contributed by atoms with Crippen LogP contribution >= 0.6 is 22.9 Å². The number of fused-ring (bicyclic) bond motifs is 1. The zero-order chi connectivity index (χ0) is 42.0. The van der Waals surface area contributed by atoms with Gasteiger partial charge in [-0.05, 0) is 61.0 Å². The van der Waals surface area contributed by atoms with Gasteiger partial charge in [0.05, 0.1) is 34.6 Å². The standard InChI is InChI=1S/C40H43ClF3N9O5S/c1-3-25(10-11-50(23-34(54)55)21-24-18-45-19-24)38(57)51-12-14-52(15-13-51)39(58)28-9-8-27(17-30(28)41)47-37(56)36-46-20-31(49(36)2)29-22-53(48-35(29)40(42,43)44)33-16-26-6-4-5-7-32(26)59-33/h4-9,16-17,20,22,24-25,45H,3,10-15,18-19,21,23H2,1-2H3,(H,47,56)(H,54,55). The average molecular weight is 854 g/mol. The molecule has 0 bridgehead atoms. The molecule has 1 atom stereocenters. The molecule has 312 valence electrons. The van der Waals surface area contributed by atoms with Crippen LogP contribution in [0.3, 0.4) is 0 Å². The van der Waals surface area contributed by atoms with Gasteiger partial charge in [0.15, 0.2) is 11.5 Å². The molecule has 59 heavy (non-hydrogen) atoms. The Morgan fingerprint density at radius 2 is 1.80 bits per heavy atom. The molecular weight excluding hydrogens is 811 g/mol. The number of halogens is 4. The molecule has 14 nitrogen and oxygen atoms in total. The van der Waals surface area contributed by atoms with Crippen LogP contribution in [-0.2, 0) is 22.8 Å². The minimum atomic E-state index is -4.79. The summed E-state index contributed by atoms with van der Waals surface area (Å²) in [6, 6.07) is 13.6. The lowest BCUT2D eigenvalue weighted by Gasteiger charge is -2.37. The maximum Gasteiger partial charge on any atom is 0.435 e. The Morgan fingerprint density at radius 3 is 2.44 bits per heavy atom. The fourth-order valence-corrected chi connectivity index (χ4v) is 8.71. The van der Waals surface area contributed by atoms with Gasteiger partial charge in [0.2, 0.25) is 5.91 Å². The molecule has 1 unspecified atom stereocenters. The number of carbonyl (C=O) groups is 4. The van der Waals surface area contributed by atoms with Crippen molar-refractivity contribution in [1.82, 2.24) is 39.3 Å². The van der Waals surface area contributed by atoms with E-state index in [4.69, 9.17) is 11.6 Å². The second-order valence-electron chi connectivity index (χ2n) is 14.8. The lowest BCUT2D eigenvalue weighted by Crippen LogP contribution is -2.52. The number of carbonyl (C=O) groups excluding carboxylic acids is 3. The van der Waals surface area contributed by atoms with Crippen LogP contribution in [-0.4, -0.2) is 122 Å². The molecule has 0 spiro atoms. The third-order valence-electron chi connectivity index (χ3n) is 10.8. The predicted octanol–water partition coefficient (Wildman–Crippen LogP) is 5.72. The SMILES string of the molecule is CCC(CCN(CC(=O)O)CC1CNC1)C(=O)N1CCN(C(=O)c2ccc(NC(=O)c3ncc(-c4cn(-c5cc6ccccc6s5)nc4C(F)(F)F)n3C)cc2Cl)CC1. The van der Waals surface area contributed by atoms with Crippen LogP contribution in [0.2, 0.25) is 5.02 Å². The molecule has 2 aromatic carbocycles. The van der Waals surface area contributed by atoms with Gasteiger partial charge in [0, 0.05) is 75.4 Å². The van der Waals surface area contributed by atoms with Crippen molar-refractivity contribution in [3.63, 3.8) is 0 Å². The van der Waals surface area contributed by atoms with Crippen molar-refractivity contribution in [3.05, 3.63) is 83.0 Å². The molecule has 2 aliphatic heterocycles. The summed E-state index contributed by atoms with van der Waals surface area (Å²) in [4.78, 5) is 61.2. The van der Waals surface area contributed by atoms with Crippen molar-refractivity contribution < 1.29 is 37.5 Å². The summed E-state index contributed by atoms with van der Waals surface area (Å²) in [5.74, 6) is -1.99. The number of nitrogens with zero attached hydrogens (tertiary/aromatic N) is 7. The van der Waals surface area contributed by atoms with E-state index in [0.717, 1.165) is 23.2 Å². The van der Waals surface area contributed by atoms with Crippen molar-refractivity contribution >= 4 is 62.4 Å². The summed E-state index contributed by atoms with van der Waals surface area (Å²) in [6.45, 7) is 6.02. The molecule has 0 saturated carbocycles. The van der Waals surface area contributed by atoms with Crippen molar-refractivity contribution in [2.45, 2.75) is 25.9 Å². The number of nitrogens with one attached hydrogen (secondary N) is 2. The minimum Gasteiger partial charge on any atom is -0.480 e. The summed E-state index contributed by atoms with van der Waals surface area (Å²) in [6.07, 6.45) is -1.17. The number of thiophene rings is 1. The maximum absolute atomic E-state index is 14.3. The van der Waals surface area contributed by atoms with Gasteiger partial charge in [-0.25, -0.2) is 9.67 Å². The van der Waals surface area contributed by atoms with Crippen LogP contribution in [0, 0.1) is 11.8 Å². The van der Waals surface area contributed by atoms with Gasteiger partial charge < -0.3 is 30.1 Å². The lowest BCUT2D eigenvalue weighted by molar-refractivity contribution is -0.141. The van der Waals surface area contributed by atoms with Crippen LogP contribution in [0.1, 0.15) is 46.4 Å².